The summed E-state index contributed by atoms with van der Waals surface area (Å²) in [5, 5.41) is 1.28. The molecule has 2 aliphatic rings. The van der Waals surface area contributed by atoms with Crippen LogP contribution in [0.1, 0.15) is 38.5 Å². The fraction of sp³-hybridized carbons (Fsp3) is 0.579. The first-order valence-electron chi connectivity index (χ1n) is 8.85. The van der Waals surface area contributed by atoms with Crippen molar-refractivity contribution >= 4 is 23.1 Å². The molecule has 23 heavy (non-hydrogen) atoms. The fourth-order valence-corrected chi connectivity index (χ4v) is 13.9. The van der Waals surface area contributed by atoms with E-state index < -0.39 is 22.3 Å². The van der Waals surface area contributed by atoms with Gasteiger partial charge in [-0.2, -0.15) is 0 Å². The summed E-state index contributed by atoms with van der Waals surface area (Å²) >= 11 is 0. The van der Waals surface area contributed by atoms with E-state index in [1.807, 2.05) is 12.1 Å². The maximum Gasteiger partial charge on any atom is 0.157 e. The summed E-state index contributed by atoms with van der Waals surface area (Å²) in [5.41, 5.74) is 0. The predicted molar refractivity (Wildman–Crippen MR) is 100 cm³/mol. The summed E-state index contributed by atoms with van der Waals surface area (Å²) in [6.07, 6.45) is 10.5. The second-order valence-corrected chi connectivity index (χ2v) is 15.0. The van der Waals surface area contributed by atoms with E-state index in [9.17, 15) is 8.42 Å². The Hall–Kier alpha value is -0.873. The molecular weight excluding hydrogens is 320 g/mol. The van der Waals surface area contributed by atoms with Gasteiger partial charge in [0.1, 0.15) is 8.07 Å². The third-order valence-electron chi connectivity index (χ3n) is 6.28. The van der Waals surface area contributed by atoms with Gasteiger partial charge in [0.05, 0.1) is 10.1 Å². The average molecular weight is 349 g/mol. The van der Waals surface area contributed by atoms with Crippen molar-refractivity contribution in [3.8, 4) is 0 Å². The van der Waals surface area contributed by atoms with Crippen LogP contribution in [0.4, 0.5) is 0 Å². The summed E-state index contributed by atoms with van der Waals surface area (Å²) in [4.78, 5) is 0. The molecular formula is C19H28O2SSi. The van der Waals surface area contributed by atoms with Crippen LogP contribution in [0.2, 0.25) is 13.1 Å². The zero-order valence-electron chi connectivity index (χ0n) is 14.3. The van der Waals surface area contributed by atoms with Gasteiger partial charge in [0.2, 0.25) is 0 Å². The molecule has 0 saturated heterocycles. The van der Waals surface area contributed by atoms with Crippen molar-refractivity contribution in [2.24, 2.45) is 5.92 Å². The number of allylic oxidation sites excluding steroid dienone is 1. The maximum absolute atomic E-state index is 13.4. The van der Waals surface area contributed by atoms with Gasteiger partial charge in [0.15, 0.2) is 9.84 Å². The molecule has 2 nitrogen and oxygen atoms in total. The zero-order valence-corrected chi connectivity index (χ0v) is 16.1. The number of hydrogen-bond donors (Lipinski definition) is 0. The maximum atomic E-state index is 13.4. The molecule has 1 fully saturated rings. The van der Waals surface area contributed by atoms with E-state index in [1.165, 1.54) is 24.4 Å². The number of benzene rings is 1. The lowest BCUT2D eigenvalue weighted by Crippen LogP contribution is -2.70. The van der Waals surface area contributed by atoms with Crippen LogP contribution in [0, 0.1) is 5.92 Å². The van der Waals surface area contributed by atoms with Gasteiger partial charge in [-0.3, -0.25) is 0 Å². The van der Waals surface area contributed by atoms with Crippen LogP contribution in [0.5, 0.6) is 0 Å². The van der Waals surface area contributed by atoms with E-state index >= 15 is 0 Å². The van der Waals surface area contributed by atoms with Crippen molar-refractivity contribution < 1.29 is 8.42 Å². The van der Waals surface area contributed by atoms with Crippen LogP contribution in [0.3, 0.4) is 0 Å². The Morgan fingerprint density at radius 1 is 1.00 bits per heavy atom. The van der Waals surface area contributed by atoms with E-state index in [4.69, 9.17) is 0 Å². The van der Waals surface area contributed by atoms with Crippen LogP contribution < -0.4 is 5.19 Å². The molecule has 1 aromatic carbocycles. The van der Waals surface area contributed by atoms with Crippen molar-refractivity contribution in [1.82, 2.24) is 0 Å². The average Bonchev–Trinajstić information content (AvgIpc) is 2.56. The summed E-state index contributed by atoms with van der Waals surface area (Å²) in [7, 11) is -5.31. The third kappa shape index (κ3) is 2.64. The smallest absolute Gasteiger partial charge is 0.157 e. The Bertz CT molecular complexity index is 673. The molecule has 0 radical (unpaired) electrons. The van der Waals surface area contributed by atoms with Crippen LogP contribution in [0.15, 0.2) is 42.5 Å². The molecule has 4 heteroatoms. The minimum atomic E-state index is -3.12. The second-order valence-electron chi connectivity index (χ2n) is 7.67. The van der Waals surface area contributed by atoms with E-state index in [2.05, 4.69) is 43.4 Å². The van der Waals surface area contributed by atoms with E-state index in [-0.39, 0.29) is 5.75 Å². The minimum Gasteiger partial charge on any atom is -0.228 e. The molecule has 1 aliphatic carbocycles. The van der Waals surface area contributed by atoms with Gasteiger partial charge in [-0.25, -0.2) is 8.42 Å². The second kappa shape index (κ2) is 6.21. The van der Waals surface area contributed by atoms with Gasteiger partial charge in [-0.05, 0) is 25.2 Å². The van der Waals surface area contributed by atoms with Gasteiger partial charge < -0.3 is 0 Å². The van der Waals surface area contributed by atoms with Gasteiger partial charge in [-0.15, -0.1) is 0 Å². The molecule has 1 atom stereocenters. The van der Waals surface area contributed by atoms with Crippen molar-refractivity contribution in [2.45, 2.75) is 56.0 Å². The standard InChI is InChI=1S/C19H28O2SSi/c1-23(2,18-13-7-4-8-14-18)19(17-11-5-3-6-12-17)15-9-10-16-22(19,20)21/h4,7-10,13-14,17H,3,5-6,11-12,15-16H2,1-2H3. The molecule has 0 aromatic heterocycles. The molecule has 1 aliphatic heterocycles. The lowest BCUT2D eigenvalue weighted by Gasteiger charge is -2.51. The number of hydrogen-bond acceptors (Lipinski definition) is 2. The Morgan fingerprint density at radius 3 is 2.26 bits per heavy atom. The van der Waals surface area contributed by atoms with Crippen LogP contribution >= 0.6 is 0 Å². The summed E-state index contributed by atoms with van der Waals surface area (Å²) < 4.78 is 26.3. The van der Waals surface area contributed by atoms with E-state index in [0.717, 1.165) is 12.8 Å². The monoisotopic (exact) mass is 348 g/mol. The van der Waals surface area contributed by atoms with Crippen LogP contribution in [-0.4, -0.2) is 26.6 Å². The Kier molecular flexibility index (Phi) is 4.58. The largest absolute Gasteiger partial charge is 0.228 e. The third-order valence-corrected chi connectivity index (χ3v) is 15.5. The highest BCUT2D eigenvalue weighted by atomic mass is 32.2. The first kappa shape index (κ1) is 17.0. The fourth-order valence-electron chi connectivity index (χ4n) is 4.97. The van der Waals surface area contributed by atoms with Crippen molar-refractivity contribution in [3.05, 3.63) is 42.5 Å². The van der Waals surface area contributed by atoms with Gasteiger partial charge >= 0.3 is 0 Å². The Labute approximate surface area is 141 Å². The molecule has 1 aromatic rings. The summed E-state index contributed by atoms with van der Waals surface area (Å²) in [6, 6.07) is 10.5. The highest BCUT2D eigenvalue weighted by molar-refractivity contribution is 7.95. The van der Waals surface area contributed by atoms with Crippen LogP contribution in [0.25, 0.3) is 0 Å². The Morgan fingerprint density at radius 2 is 1.65 bits per heavy atom. The number of rotatable bonds is 3. The van der Waals surface area contributed by atoms with E-state index in [0.29, 0.717) is 12.3 Å². The lowest BCUT2D eigenvalue weighted by molar-refractivity contribution is 0.312. The first-order chi connectivity index (χ1) is 10.9. The first-order valence-corrected chi connectivity index (χ1v) is 13.5. The van der Waals surface area contributed by atoms with Gasteiger partial charge in [0, 0.05) is 0 Å². The van der Waals surface area contributed by atoms with Gasteiger partial charge in [0.25, 0.3) is 0 Å². The molecule has 1 unspecified atom stereocenters. The molecule has 0 N–H and O–H groups in total. The summed E-state index contributed by atoms with van der Waals surface area (Å²) in [6.45, 7) is 4.57. The normalized spacial score (nSPS) is 28.6. The topological polar surface area (TPSA) is 34.1 Å². The van der Waals surface area contributed by atoms with Crippen molar-refractivity contribution in [3.63, 3.8) is 0 Å². The molecule has 1 saturated carbocycles. The SMILES string of the molecule is C[Si](C)(c1ccccc1)C1(C2CCCCC2)CC=CCS1(=O)=O. The van der Waals surface area contributed by atoms with E-state index in [1.54, 1.807) is 0 Å². The van der Waals surface area contributed by atoms with Crippen LogP contribution in [-0.2, 0) is 9.84 Å². The minimum absolute atomic E-state index is 0.229. The molecule has 0 spiro atoms. The zero-order chi connectivity index (χ0) is 16.6. The highest BCUT2D eigenvalue weighted by Crippen LogP contribution is 2.47. The molecule has 126 valence electrons. The lowest BCUT2D eigenvalue weighted by atomic mass is 9.85. The molecule has 0 bridgehead atoms. The highest BCUT2D eigenvalue weighted by Gasteiger charge is 2.60. The molecule has 1 heterocycles. The van der Waals surface area contributed by atoms with Crippen molar-refractivity contribution in [2.75, 3.05) is 5.75 Å². The van der Waals surface area contributed by atoms with Gasteiger partial charge in [-0.1, -0.05) is 80.0 Å². The quantitative estimate of drug-likeness (QED) is 0.614. The predicted octanol–water partition coefficient (Wildman–Crippen LogP) is 3.84. The molecule has 0 amide bonds. The van der Waals surface area contributed by atoms with Crippen molar-refractivity contribution in [1.29, 1.82) is 0 Å². The number of sulfone groups is 1. The molecule has 3 rings (SSSR count). The summed E-state index contributed by atoms with van der Waals surface area (Å²) in [5.74, 6) is 0.556. The Balaban J connectivity index is 2.18.